The van der Waals surface area contributed by atoms with E-state index in [0.717, 1.165) is 19.3 Å². The Hall–Kier alpha value is -1.32. The summed E-state index contributed by atoms with van der Waals surface area (Å²) >= 11 is 0. The second-order valence-corrected chi connectivity index (χ2v) is 4.58. The number of unbranched alkanes of at least 4 members (excludes halogenated alkanes) is 3. The summed E-state index contributed by atoms with van der Waals surface area (Å²) in [5, 5.41) is 0. The number of rotatable bonds is 7. The van der Waals surface area contributed by atoms with Crippen LogP contribution in [0.2, 0.25) is 0 Å². The summed E-state index contributed by atoms with van der Waals surface area (Å²) in [5.41, 5.74) is 5.18. The highest BCUT2D eigenvalue weighted by molar-refractivity contribution is 5.78. The van der Waals surface area contributed by atoms with Gasteiger partial charge in [-0.05, 0) is 12.5 Å². The lowest BCUT2D eigenvalue weighted by atomic mass is 10.0. The van der Waals surface area contributed by atoms with Gasteiger partial charge in [-0.1, -0.05) is 38.3 Å². The third-order valence-electron chi connectivity index (χ3n) is 3.01. The van der Waals surface area contributed by atoms with Crippen LogP contribution in [0.1, 0.15) is 39.0 Å². The van der Waals surface area contributed by atoms with Crippen molar-refractivity contribution in [3.05, 3.63) is 24.0 Å². The molecule has 0 fully saturated rings. The summed E-state index contributed by atoms with van der Waals surface area (Å²) < 4.78 is 19.3. The number of ether oxygens (including phenoxy) is 1. The molecule has 0 aromatic carbocycles. The second kappa shape index (κ2) is 7.90. The van der Waals surface area contributed by atoms with Gasteiger partial charge in [-0.3, -0.25) is 4.79 Å². The van der Waals surface area contributed by atoms with Gasteiger partial charge in [0, 0.05) is 6.42 Å². The van der Waals surface area contributed by atoms with Crippen LogP contribution in [0.3, 0.4) is 0 Å². The number of amides is 1. The lowest BCUT2D eigenvalue weighted by molar-refractivity contribution is -0.120. The topological polar surface area (TPSA) is 52.3 Å². The van der Waals surface area contributed by atoms with E-state index in [1.807, 2.05) is 0 Å². The van der Waals surface area contributed by atoms with Crippen LogP contribution >= 0.6 is 0 Å². The highest BCUT2D eigenvalue weighted by Gasteiger charge is 2.24. The first-order valence-corrected chi connectivity index (χ1v) is 6.59. The van der Waals surface area contributed by atoms with Crippen molar-refractivity contribution in [3.63, 3.8) is 0 Å². The molecule has 0 radical (unpaired) electrons. The molecular weight excluding hydrogens is 233 g/mol. The van der Waals surface area contributed by atoms with Crippen LogP contribution in [0.4, 0.5) is 4.39 Å². The number of carbonyl (C=O) groups excluding carboxylic acids is 1. The van der Waals surface area contributed by atoms with Crippen LogP contribution in [-0.2, 0) is 9.53 Å². The minimum Gasteiger partial charge on any atom is -0.495 e. The Morgan fingerprint density at radius 1 is 1.50 bits per heavy atom. The van der Waals surface area contributed by atoms with Crippen molar-refractivity contribution in [2.24, 2.45) is 11.7 Å². The van der Waals surface area contributed by atoms with Crippen molar-refractivity contribution < 1.29 is 13.9 Å². The van der Waals surface area contributed by atoms with E-state index in [1.165, 1.54) is 6.42 Å². The van der Waals surface area contributed by atoms with Crippen LogP contribution in [0.15, 0.2) is 24.0 Å². The summed E-state index contributed by atoms with van der Waals surface area (Å²) in [6, 6.07) is 0. The molecule has 0 aromatic rings. The average Bonchev–Trinajstić information content (AvgIpc) is 2.52. The number of nitrogens with two attached hydrogens (primary N) is 1. The molecule has 2 unspecified atom stereocenters. The summed E-state index contributed by atoms with van der Waals surface area (Å²) in [6.07, 6.45) is 8.06. The van der Waals surface area contributed by atoms with E-state index in [4.69, 9.17) is 10.5 Å². The Morgan fingerprint density at radius 2 is 2.28 bits per heavy atom. The summed E-state index contributed by atoms with van der Waals surface area (Å²) in [5.74, 6) is -0.726. The zero-order chi connectivity index (χ0) is 13.4. The molecule has 1 aliphatic rings. The van der Waals surface area contributed by atoms with Crippen molar-refractivity contribution in [2.45, 2.75) is 45.2 Å². The predicted octanol–water partition coefficient (Wildman–Crippen LogP) is 2.87. The van der Waals surface area contributed by atoms with Crippen LogP contribution in [0.5, 0.6) is 0 Å². The van der Waals surface area contributed by atoms with Gasteiger partial charge in [0.05, 0.1) is 12.5 Å². The highest BCUT2D eigenvalue weighted by atomic mass is 19.1. The fraction of sp³-hybridized carbons (Fsp3) is 0.643. The van der Waals surface area contributed by atoms with Crippen molar-refractivity contribution in [3.8, 4) is 0 Å². The molecule has 4 heteroatoms. The maximum absolute atomic E-state index is 13.9. The van der Waals surface area contributed by atoms with E-state index in [1.54, 1.807) is 18.2 Å². The van der Waals surface area contributed by atoms with Gasteiger partial charge in [0.15, 0.2) is 6.17 Å². The molecule has 2 atom stereocenters. The monoisotopic (exact) mass is 255 g/mol. The third-order valence-corrected chi connectivity index (χ3v) is 3.01. The zero-order valence-electron chi connectivity index (χ0n) is 10.9. The molecule has 18 heavy (non-hydrogen) atoms. The van der Waals surface area contributed by atoms with Crippen molar-refractivity contribution in [1.29, 1.82) is 0 Å². The molecule has 102 valence electrons. The summed E-state index contributed by atoms with van der Waals surface area (Å²) in [4.78, 5) is 11.0. The third kappa shape index (κ3) is 4.90. The first-order valence-electron chi connectivity index (χ1n) is 6.59. The average molecular weight is 255 g/mol. The van der Waals surface area contributed by atoms with Crippen LogP contribution < -0.4 is 5.73 Å². The quantitative estimate of drug-likeness (QED) is 0.711. The molecule has 1 aliphatic carbocycles. The van der Waals surface area contributed by atoms with E-state index in [0.29, 0.717) is 12.4 Å². The first kappa shape index (κ1) is 14.7. The van der Waals surface area contributed by atoms with Crippen molar-refractivity contribution >= 4 is 5.91 Å². The number of halogens is 1. The zero-order valence-corrected chi connectivity index (χ0v) is 10.9. The van der Waals surface area contributed by atoms with E-state index in [2.05, 4.69) is 6.92 Å². The Bertz CT molecular complexity index is 326. The van der Waals surface area contributed by atoms with Crippen molar-refractivity contribution in [1.82, 2.24) is 0 Å². The molecule has 0 heterocycles. The first-order chi connectivity index (χ1) is 8.65. The summed E-state index contributed by atoms with van der Waals surface area (Å²) in [7, 11) is 0. The highest BCUT2D eigenvalue weighted by Crippen LogP contribution is 2.22. The normalized spacial score (nSPS) is 23.3. The minimum absolute atomic E-state index is 0.0760. The SMILES string of the molecule is CCCCCCOC1=CC=CC(C(N)=O)CC1F. The number of alkyl halides is 1. The lowest BCUT2D eigenvalue weighted by Crippen LogP contribution is -2.24. The van der Waals surface area contributed by atoms with Gasteiger partial charge in [-0.2, -0.15) is 0 Å². The fourth-order valence-electron chi connectivity index (χ4n) is 1.87. The van der Waals surface area contributed by atoms with Gasteiger partial charge in [0.1, 0.15) is 5.76 Å². The second-order valence-electron chi connectivity index (χ2n) is 4.58. The van der Waals surface area contributed by atoms with E-state index in [-0.39, 0.29) is 6.42 Å². The Balaban J connectivity index is 2.36. The van der Waals surface area contributed by atoms with Crippen LogP contribution in [-0.4, -0.2) is 18.7 Å². The Kier molecular flexibility index (Phi) is 6.47. The molecule has 3 nitrogen and oxygen atoms in total. The van der Waals surface area contributed by atoms with Gasteiger partial charge in [-0.15, -0.1) is 0 Å². The van der Waals surface area contributed by atoms with Gasteiger partial charge in [0.2, 0.25) is 5.91 Å². The number of allylic oxidation sites excluding steroid dienone is 3. The Labute approximate surface area is 108 Å². The molecule has 0 aromatic heterocycles. The lowest BCUT2D eigenvalue weighted by Gasteiger charge is -2.15. The van der Waals surface area contributed by atoms with Crippen molar-refractivity contribution in [2.75, 3.05) is 6.61 Å². The van der Waals surface area contributed by atoms with Gasteiger partial charge < -0.3 is 10.5 Å². The fourth-order valence-corrected chi connectivity index (χ4v) is 1.87. The maximum Gasteiger partial charge on any atom is 0.224 e. The maximum atomic E-state index is 13.9. The molecule has 2 N–H and O–H groups in total. The summed E-state index contributed by atoms with van der Waals surface area (Å²) in [6.45, 7) is 2.67. The predicted molar refractivity (Wildman–Crippen MR) is 69.5 cm³/mol. The Morgan fingerprint density at radius 3 is 2.94 bits per heavy atom. The molecule has 0 saturated carbocycles. The number of hydrogen-bond acceptors (Lipinski definition) is 2. The van der Waals surface area contributed by atoms with E-state index in [9.17, 15) is 9.18 Å². The van der Waals surface area contributed by atoms with Gasteiger partial charge in [-0.25, -0.2) is 4.39 Å². The molecule has 0 aliphatic heterocycles. The van der Waals surface area contributed by atoms with Gasteiger partial charge >= 0.3 is 0 Å². The minimum atomic E-state index is -1.25. The van der Waals surface area contributed by atoms with Crippen LogP contribution in [0, 0.1) is 5.92 Å². The van der Waals surface area contributed by atoms with Crippen LogP contribution in [0.25, 0.3) is 0 Å². The number of carbonyl (C=O) groups is 1. The molecule has 1 rings (SSSR count). The van der Waals surface area contributed by atoms with E-state index >= 15 is 0 Å². The molecule has 0 saturated heterocycles. The molecule has 0 bridgehead atoms. The largest absolute Gasteiger partial charge is 0.495 e. The number of primary amides is 1. The molecular formula is C14H22FNO2. The molecule has 0 spiro atoms. The molecule has 1 amide bonds. The standard InChI is InChI=1S/C14H22FNO2/c1-2-3-4-5-9-18-13-8-6-7-11(14(16)17)10-12(13)15/h6-8,11-12H,2-5,9-10H2,1H3,(H2,16,17). The van der Waals surface area contributed by atoms with Gasteiger partial charge in [0.25, 0.3) is 0 Å². The number of hydrogen-bond donors (Lipinski definition) is 1. The smallest absolute Gasteiger partial charge is 0.224 e. The van der Waals surface area contributed by atoms with E-state index < -0.39 is 18.0 Å².